The van der Waals surface area contributed by atoms with Crippen LogP contribution in [0.2, 0.25) is 0 Å². The Morgan fingerprint density at radius 1 is 1.56 bits per heavy atom. The quantitative estimate of drug-likeness (QED) is 0.698. The molecule has 5 heteroatoms. The number of carbonyl (C=O) groups is 1. The molecule has 0 bridgehead atoms. The number of amides is 1. The van der Waals surface area contributed by atoms with Crippen molar-refractivity contribution in [3.05, 3.63) is 0 Å². The van der Waals surface area contributed by atoms with E-state index >= 15 is 0 Å². The number of piperidine rings is 1. The molecule has 2 unspecified atom stereocenters. The zero-order chi connectivity index (χ0) is 12.2. The van der Waals surface area contributed by atoms with E-state index in [1.165, 1.54) is 0 Å². The fourth-order valence-electron chi connectivity index (χ4n) is 1.62. The molecule has 0 spiro atoms. The maximum absolute atomic E-state index is 11.5. The van der Waals surface area contributed by atoms with Crippen LogP contribution in [0.3, 0.4) is 0 Å². The topological polar surface area (TPSA) is 74.2 Å². The lowest BCUT2D eigenvalue weighted by atomic mass is 9.94. The highest BCUT2D eigenvalue weighted by molar-refractivity contribution is 5.68. The van der Waals surface area contributed by atoms with Gasteiger partial charge < -0.3 is 15.4 Å². The number of nitriles is 1. The number of ether oxygens (including phenoxy) is 1. The minimum absolute atomic E-state index is 0.131. The summed E-state index contributed by atoms with van der Waals surface area (Å²) >= 11 is 0. The maximum atomic E-state index is 11.5. The van der Waals surface area contributed by atoms with Crippen LogP contribution in [0.5, 0.6) is 0 Å². The third kappa shape index (κ3) is 4.07. The second-order valence-corrected chi connectivity index (χ2v) is 4.98. The van der Waals surface area contributed by atoms with Crippen molar-refractivity contribution in [2.75, 3.05) is 13.1 Å². The van der Waals surface area contributed by atoms with Crippen LogP contribution in [-0.4, -0.2) is 30.8 Å². The zero-order valence-corrected chi connectivity index (χ0v) is 10.0. The minimum atomic E-state index is -0.506. The van der Waals surface area contributed by atoms with Gasteiger partial charge in [-0.2, -0.15) is 5.26 Å². The van der Waals surface area contributed by atoms with Gasteiger partial charge >= 0.3 is 6.09 Å². The highest BCUT2D eigenvalue weighted by Crippen LogP contribution is 2.13. The Balaban J connectivity index is 2.46. The lowest BCUT2D eigenvalue weighted by molar-refractivity contribution is 0.0486. The first-order valence-electron chi connectivity index (χ1n) is 5.52. The molecule has 0 aromatic carbocycles. The second kappa shape index (κ2) is 5.17. The SMILES string of the molecule is CC(C)(C)OC(=O)NC1CNCCC1C#N. The van der Waals surface area contributed by atoms with Crippen LogP contribution in [-0.2, 0) is 4.74 Å². The first kappa shape index (κ1) is 12.8. The van der Waals surface area contributed by atoms with Gasteiger partial charge in [0.2, 0.25) is 0 Å². The van der Waals surface area contributed by atoms with E-state index in [4.69, 9.17) is 10.00 Å². The summed E-state index contributed by atoms with van der Waals surface area (Å²) < 4.78 is 5.15. The van der Waals surface area contributed by atoms with Crippen molar-refractivity contribution in [2.45, 2.75) is 38.8 Å². The molecule has 5 nitrogen and oxygen atoms in total. The molecule has 90 valence electrons. The first-order chi connectivity index (χ1) is 7.42. The Hall–Kier alpha value is -1.28. The normalized spacial score (nSPS) is 25.6. The highest BCUT2D eigenvalue weighted by Gasteiger charge is 2.27. The lowest BCUT2D eigenvalue weighted by Crippen LogP contribution is -2.51. The standard InChI is InChI=1S/C11H19N3O2/c1-11(2,3)16-10(15)14-9-7-13-5-4-8(9)6-12/h8-9,13H,4-5,7H2,1-3H3,(H,14,15). The fraction of sp³-hybridized carbons (Fsp3) is 0.818. The van der Waals surface area contributed by atoms with E-state index in [1.54, 1.807) is 0 Å². The van der Waals surface area contributed by atoms with Gasteiger partial charge in [0.05, 0.1) is 18.0 Å². The first-order valence-corrected chi connectivity index (χ1v) is 5.52. The predicted molar refractivity (Wildman–Crippen MR) is 59.7 cm³/mol. The summed E-state index contributed by atoms with van der Waals surface area (Å²) in [7, 11) is 0. The molecule has 1 heterocycles. The largest absolute Gasteiger partial charge is 0.444 e. The molecule has 0 aromatic heterocycles. The van der Waals surface area contributed by atoms with Gasteiger partial charge in [0.15, 0.2) is 0 Å². The average Bonchev–Trinajstić information content (AvgIpc) is 2.15. The second-order valence-electron chi connectivity index (χ2n) is 4.98. The molecule has 0 radical (unpaired) electrons. The van der Waals surface area contributed by atoms with Crippen molar-refractivity contribution in [1.82, 2.24) is 10.6 Å². The van der Waals surface area contributed by atoms with E-state index in [9.17, 15) is 4.79 Å². The molecular formula is C11H19N3O2. The molecule has 0 saturated carbocycles. The monoisotopic (exact) mass is 225 g/mol. The Kier molecular flexibility index (Phi) is 4.13. The van der Waals surface area contributed by atoms with Crippen LogP contribution in [0.25, 0.3) is 0 Å². The molecule has 2 atom stereocenters. The maximum Gasteiger partial charge on any atom is 0.407 e. The Morgan fingerprint density at radius 2 is 2.25 bits per heavy atom. The molecule has 1 rings (SSSR count). The van der Waals surface area contributed by atoms with Gasteiger partial charge in [0, 0.05) is 6.54 Å². The molecule has 1 aliphatic heterocycles. The van der Waals surface area contributed by atoms with Crippen LogP contribution in [0.15, 0.2) is 0 Å². The highest BCUT2D eigenvalue weighted by atomic mass is 16.6. The third-order valence-electron chi connectivity index (χ3n) is 2.35. The van der Waals surface area contributed by atoms with Gasteiger partial charge in [-0.05, 0) is 33.7 Å². The molecule has 0 aromatic rings. The van der Waals surface area contributed by atoms with Crippen LogP contribution >= 0.6 is 0 Å². The van der Waals surface area contributed by atoms with E-state index in [0.717, 1.165) is 13.0 Å². The number of hydrogen-bond acceptors (Lipinski definition) is 4. The van der Waals surface area contributed by atoms with Gasteiger partial charge in [-0.3, -0.25) is 0 Å². The van der Waals surface area contributed by atoms with E-state index in [2.05, 4.69) is 16.7 Å². The summed E-state index contributed by atoms with van der Waals surface area (Å²) in [6.45, 7) is 6.89. The summed E-state index contributed by atoms with van der Waals surface area (Å²) in [6.07, 6.45) is 0.304. The summed E-state index contributed by atoms with van der Waals surface area (Å²) in [5, 5.41) is 14.8. The number of rotatable bonds is 1. The summed E-state index contributed by atoms with van der Waals surface area (Å²) in [5.41, 5.74) is -0.506. The van der Waals surface area contributed by atoms with Crippen molar-refractivity contribution in [3.63, 3.8) is 0 Å². The summed E-state index contributed by atoms with van der Waals surface area (Å²) in [4.78, 5) is 11.5. The number of alkyl carbamates (subject to hydrolysis) is 1. The molecule has 2 N–H and O–H groups in total. The van der Waals surface area contributed by atoms with E-state index < -0.39 is 11.7 Å². The van der Waals surface area contributed by atoms with E-state index in [-0.39, 0.29) is 12.0 Å². The van der Waals surface area contributed by atoms with Crippen molar-refractivity contribution in [2.24, 2.45) is 5.92 Å². The van der Waals surface area contributed by atoms with Crippen molar-refractivity contribution in [1.29, 1.82) is 5.26 Å². The van der Waals surface area contributed by atoms with Crippen molar-refractivity contribution < 1.29 is 9.53 Å². The summed E-state index contributed by atoms with van der Waals surface area (Å²) in [6, 6.07) is 2.05. The van der Waals surface area contributed by atoms with Crippen LogP contribution in [0.4, 0.5) is 4.79 Å². The number of nitrogens with zero attached hydrogens (tertiary/aromatic N) is 1. The Morgan fingerprint density at radius 3 is 2.81 bits per heavy atom. The molecule has 1 fully saturated rings. The lowest BCUT2D eigenvalue weighted by Gasteiger charge is -2.29. The number of hydrogen-bond donors (Lipinski definition) is 2. The smallest absolute Gasteiger partial charge is 0.407 e. The van der Waals surface area contributed by atoms with Gasteiger partial charge in [-0.15, -0.1) is 0 Å². The van der Waals surface area contributed by atoms with Gasteiger partial charge in [-0.1, -0.05) is 0 Å². The zero-order valence-electron chi connectivity index (χ0n) is 10.0. The van der Waals surface area contributed by atoms with Crippen molar-refractivity contribution in [3.8, 4) is 6.07 Å². The average molecular weight is 225 g/mol. The Labute approximate surface area is 96.2 Å². The van der Waals surface area contributed by atoms with E-state index in [0.29, 0.717) is 6.54 Å². The van der Waals surface area contributed by atoms with E-state index in [1.807, 2.05) is 20.8 Å². The predicted octanol–water partition coefficient (Wildman–Crippen LogP) is 1.01. The third-order valence-corrected chi connectivity index (χ3v) is 2.35. The summed E-state index contributed by atoms with van der Waals surface area (Å²) in [5.74, 6) is -0.131. The van der Waals surface area contributed by atoms with Crippen LogP contribution in [0.1, 0.15) is 27.2 Å². The molecular weight excluding hydrogens is 206 g/mol. The molecule has 0 aliphatic carbocycles. The minimum Gasteiger partial charge on any atom is -0.444 e. The molecule has 1 amide bonds. The fourth-order valence-corrected chi connectivity index (χ4v) is 1.62. The molecule has 1 aliphatic rings. The van der Waals surface area contributed by atoms with Crippen molar-refractivity contribution >= 4 is 6.09 Å². The van der Waals surface area contributed by atoms with Crippen LogP contribution < -0.4 is 10.6 Å². The molecule has 1 saturated heterocycles. The number of nitrogens with one attached hydrogen (secondary N) is 2. The van der Waals surface area contributed by atoms with Gasteiger partial charge in [-0.25, -0.2) is 4.79 Å². The molecule has 16 heavy (non-hydrogen) atoms. The van der Waals surface area contributed by atoms with Crippen LogP contribution in [0, 0.1) is 17.2 Å². The Bertz CT molecular complexity index is 291. The number of carbonyl (C=O) groups excluding carboxylic acids is 1. The van der Waals surface area contributed by atoms with Gasteiger partial charge in [0.1, 0.15) is 5.60 Å². The van der Waals surface area contributed by atoms with Gasteiger partial charge in [0.25, 0.3) is 0 Å².